The number of para-hydroxylation sites is 1. The van der Waals surface area contributed by atoms with Crippen molar-refractivity contribution in [3.05, 3.63) is 100 Å². The van der Waals surface area contributed by atoms with E-state index in [0.717, 1.165) is 16.8 Å². The second-order valence-corrected chi connectivity index (χ2v) is 9.64. The molecule has 5 rings (SSSR count). The summed E-state index contributed by atoms with van der Waals surface area (Å²) in [6.45, 7) is 0. The van der Waals surface area contributed by atoms with Crippen LogP contribution in [0.15, 0.2) is 83.3 Å². The van der Waals surface area contributed by atoms with Crippen LogP contribution in [0, 0.1) is 16.7 Å². The van der Waals surface area contributed by atoms with E-state index in [0.29, 0.717) is 15.8 Å². The van der Waals surface area contributed by atoms with Crippen LogP contribution >= 0.6 is 15.9 Å². The third-order valence-corrected chi connectivity index (χ3v) is 7.74. The maximum Gasteiger partial charge on any atom is 0.329 e. The van der Waals surface area contributed by atoms with Gasteiger partial charge >= 0.3 is 5.97 Å². The molecule has 36 heavy (non-hydrogen) atoms. The molecule has 0 spiro atoms. The van der Waals surface area contributed by atoms with Crippen LogP contribution in [0.1, 0.15) is 27.4 Å². The lowest BCUT2D eigenvalue weighted by atomic mass is 9.68. The SMILES string of the molecule is COC(=O)[C@]1(C#N)[C@@H]2C=Cc3ccccc3N2[C@@H](C(=O)c2ccc(OC)c(Br)c2)[C@@H]1c1ccccc1. The van der Waals surface area contributed by atoms with Crippen molar-refractivity contribution < 1.29 is 19.1 Å². The van der Waals surface area contributed by atoms with Gasteiger partial charge in [0.15, 0.2) is 11.2 Å². The zero-order valence-corrected chi connectivity index (χ0v) is 21.3. The van der Waals surface area contributed by atoms with Gasteiger partial charge in [0.05, 0.1) is 30.8 Å². The van der Waals surface area contributed by atoms with E-state index in [-0.39, 0.29) is 5.78 Å². The van der Waals surface area contributed by atoms with Crippen molar-refractivity contribution in [2.45, 2.75) is 18.0 Å². The van der Waals surface area contributed by atoms with Gasteiger partial charge in [0, 0.05) is 17.2 Å². The summed E-state index contributed by atoms with van der Waals surface area (Å²) in [6.07, 6.45) is 3.75. The van der Waals surface area contributed by atoms with Crippen LogP contribution in [0.2, 0.25) is 0 Å². The number of rotatable bonds is 5. The summed E-state index contributed by atoms with van der Waals surface area (Å²) in [5.41, 5.74) is 1.21. The van der Waals surface area contributed by atoms with Gasteiger partial charge in [-0.15, -0.1) is 0 Å². The molecule has 2 aliphatic rings. The number of carbonyl (C=O) groups is 2. The number of fused-ring (bicyclic) bond motifs is 3. The Labute approximate surface area is 217 Å². The molecule has 1 fully saturated rings. The molecular formula is C29H23BrN2O4. The standard InChI is InChI=1S/C29H23BrN2O4/c1-35-23-14-12-20(16-21(23)30)27(33)26-25(19-9-4-3-5-10-19)29(17-31,28(34)36-2)24-15-13-18-8-6-7-11-22(18)32(24)26/h3-16,24-26H,1-2H3/t24-,25-,26+,29+/m0/s1. The molecule has 6 nitrogen and oxygen atoms in total. The molecule has 0 bridgehead atoms. The minimum Gasteiger partial charge on any atom is -0.496 e. The molecule has 0 aromatic heterocycles. The Bertz CT molecular complexity index is 1410. The lowest BCUT2D eigenvalue weighted by Crippen LogP contribution is -2.46. The van der Waals surface area contributed by atoms with Crippen LogP contribution in [-0.4, -0.2) is 38.1 Å². The summed E-state index contributed by atoms with van der Waals surface area (Å²) in [5, 5.41) is 10.7. The fraction of sp³-hybridized carbons (Fsp3) is 0.207. The highest BCUT2D eigenvalue weighted by atomic mass is 79.9. The number of nitriles is 1. The Morgan fingerprint density at radius 3 is 2.42 bits per heavy atom. The van der Waals surface area contributed by atoms with E-state index in [9.17, 15) is 14.9 Å². The molecular weight excluding hydrogens is 520 g/mol. The Morgan fingerprint density at radius 1 is 1.03 bits per heavy atom. The highest BCUT2D eigenvalue weighted by Gasteiger charge is 2.67. The molecule has 1 saturated heterocycles. The number of ketones is 1. The highest BCUT2D eigenvalue weighted by molar-refractivity contribution is 9.10. The van der Waals surface area contributed by atoms with Crippen LogP contribution in [0.3, 0.4) is 0 Å². The second-order valence-electron chi connectivity index (χ2n) is 8.79. The number of benzene rings is 3. The number of ether oxygens (including phenoxy) is 2. The summed E-state index contributed by atoms with van der Waals surface area (Å²) < 4.78 is 11.2. The van der Waals surface area contributed by atoms with Gasteiger partial charge in [0.1, 0.15) is 11.8 Å². The fourth-order valence-corrected chi connectivity index (χ4v) is 6.10. The molecule has 180 valence electrons. The largest absolute Gasteiger partial charge is 0.496 e. The van der Waals surface area contributed by atoms with E-state index in [2.05, 4.69) is 22.0 Å². The number of anilines is 1. The first-order valence-electron chi connectivity index (χ1n) is 11.5. The van der Waals surface area contributed by atoms with Crippen molar-refractivity contribution in [2.75, 3.05) is 19.1 Å². The number of Topliss-reactive ketones (excluding diaryl/α,β-unsaturated/α-hetero) is 1. The van der Waals surface area contributed by atoms with E-state index in [1.165, 1.54) is 7.11 Å². The molecule has 2 aliphatic heterocycles. The first-order chi connectivity index (χ1) is 17.5. The van der Waals surface area contributed by atoms with Crippen molar-refractivity contribution in [3.63, 3.8) is 0 Å². The van der Waals surface area contributed by atoms with Crippen molar-refractivity contribution >= 4 is 39.4 Å². The molecule has 0 saturated carbocycles. The quantitative estimate of drug-likeness (QED) is 0.317. The molecule has 3 aromatic rings. The molecule has 0 N–H and O–H groups in total. The third-order valence-electron chi connectivity index (χ3n) is 7.12. The summed E-state index contributed by atoms with van der Waals surface area (Å²) >= 11 is 3.48. The van der Waals surface area contributed by atoms with Gasteiger partial charge in [-0.2, -0.15) is 5.26 Å². The van der Waals surface area contributed by atoms with Gasteiger partial charge in [-0.25, -0.2) is 0 Å². The lowest BCUT2D eigenvalue weighted by molar-refractivity contribution is -0.150. The first-order valence-corrected chi connectivity index (χ1v) is 12.2. The molecule has 0 unspecified atom stereocenters. The average molecular weight is 543 g/mol. The highest BCUT2D eigenvalue weighted by Crippen LogP contribution is 2.56. The smallest absolute Gasteiger partial charge is 0.329 e. The Morgan fingerprint density at radius 2 is 1.75 bits per heavy atom. The topological polar surface area (TPSA) is 79.6 Å². The number of nitrogens with zero attached hydrogens (tertiary/aromatic N) is 2. The number of carbonyl (C=O) groups excluding carboxylic acids is 2. The molecule has 4 atom stereocenters. The number of hydrogen-bond acceptors (Lipinski definition) is 6. The Balaban J connectivity index is 1.79. The molecule has 3 aromatic carbocycles. The normalized spacial score (nSPS) is 23.8. The van der Waals surface area contributed by atoms with Crippen LogP contribution in [0.25, 0.3) is 6.08 Å². The predicted octanol–water partition coefficient (Wildman–Crippen LogP) is 5.39. The monoisotopic (exact) mass is 542 g/mol. The van der Waals surface area contributed by atoms with Gasteiger partial charge in [0.2, 0.25) is 0 Å². The maximum absolute atomic E-state index is 14.4. The molecule has 0 radical (unpaired) electrons. The van der Waals surface area contributed by atoms with Gasteiger partial charge in [-0.05, 0) is 51.3 Å². The van der Waals surface area contributed by atoms with E-state index in [4.69, 9.17) is 9.47 Å². The van der Waals surface area contributed by atoms with E-state index in [1.54, 1.807) is 25.3 Å². The summed E-state index contributed by atoms with van der Waals surface area (Å²) in [5.74, 6) is -1.06. The summed E-state index contributed by atoms with van der Waals surface area (Å²) in [7, 11) is 2.84. The number of esters is 1. The van der Waals surface area contributed by atoms with Crippen LogP contribution in [0.4, 0.5) is 5.69 Å². The van der Waals surface area contributed by atoms with Crippen LogP contribution in [-0.2, 0) is 9.53 Å². The maximum atomic E-state index is 14.4. The number of halogens is 1. The molecule has 0 amide bonds. The lowest BCUT2D eigenvalue weighted by Gasteiger charge is -2.36. The van der Waals surface area contributed by atoms with E-state index in [1.807, 2.05) is 71.6 Å². The van der Waals surface area contributed by atoms with Gasteiger partial charge in [-0.1, -0.05) is 60.7 Å². The van der Waals surface area contributed by atoms with Crippen LogP contribution < -0.4 is 9.64 Å². The fourth-order valence-electron chi connectivity index (χ4n) is 5.56. The van der Waals surface area contributed by atoms with Crippen molar-refractivity contribution in [3.8, 4) is 11.8 Å². The minimum atomic E-state index is -1.65. The zero-order chi connectivity index (χ0) is 25.4. The first kappa shape index (κ1) is 23.8. The summed E-state index contributed by atoms with van der Waals surface area (Å²) in [6, 6.07) is 22.9. The Kier molecular flexibility index (Phi) is 6.15. The predicted molar refractivity (Wildman–Crippen MR) is 140 cm³/mol. The third kappa shape index (κ3) is 3.44. The van der Waals surface area contributed by atoms with Crippen molar-refractivity contribution in [1.82, 2.24) is 0 Å². The van der Waals surface area contributed by atoms with Gasteiger partial charge in [0.25, 0.3) is 0 Å². The summed E-state index contributed by atoms with van der Waals surface area (Å²) in [4.78, 5) is 29.8. The average Bonchev–Trinajstić information content (AvgIpc) is 3.24. The van der Waals surface area contributed by atoms with Gasteiger partial charge in [-0.3, -0.25) is 9.59 Å². The number of hydrogen-bond donors (Lipinski definition) is 0. The van der Waals surface area contributed by atoms with Crippen LogP contribution in [0.5, 0.6) is 5.75 Å². The number of methoxy groups -OCH3 is 2. The zero-order valence-electron chi connectivity index (χ0n) is 19.7. The Hall–Kier alpha value is -3.89. The molecule has 0 aliphatic carbocycles. The second kappa shape index (κ2) is 9.29. The minimum absolute atomic E-state index is 0.205. The van der Waals surface area contributed by atoms with Crippen molar-refractivity contribution in [1.29, 1.82) is 5.26 Å². The molecule has 7 heteroatoms. The van der Waals surface area contributed by atoms with E-state index >= 15 is 0 Å². The van der Waals surface area contributed by atoms with E-state index < -0.39 is 29.4 Å². The molecule has 2 heterocycles. The van der Waals surface area contributed by atoms with Crippen molar-refractivity contribution in [2.24, 2.45) is 5.41 Å². The van der Waals surface area contributed by atoms with Gasteiger partial charge < -0.3 is 14.4 Å².